The first-order chi connectivity index (χ1) is 9.92. The van der Waals surface area contributed by atoms with Crippen molar-refractivity contribution in [3.05, 3.63) is 41.5 Å². The third kappa shape index (κ3) is 3.80. The van der Waals surface area contributed by atoms with Crippen molar-refractivity contribution < 1.29 is 14.4 Å². The highest BCUT2D eigenvalue weighted by atomic mass is 16.5. The molecule has 0 bridgehead atoms. The maximum atomic E-state index is 9.27. The molecule has 0 fully saturated rings. The number of phenolic OH excluding ortho intramolecular Hbond substituents is 1. The summed E-state index contributed by atoms with van der Waals surface area (Å²) in [5.41, 5.74) is 6.48. The molecule has 2 rings (SSSR count). The molecule has 0 aliphatic rings. The number of aromatic nitrogens is 2. The van der Waals surface area contributed by atoms with E-state index in [0.717, 1.165) is 5.56 Å². The Labute approximate surface area is 123 Å². The molecule has 0 saturated heterocycles. The van der Waals surface area contributed by atoms with Crippen LogP contribution in [0.15, 0.2) is 28.8 Å². The molecule has 2 aromatic rings. The van der Waals surface area contributed by atoms with E-state index in [1.165, 1.54) is 0 Å². The molecule has 0 saturated carbocycles. The van der Waals surface area contributed by atoms with E-state index in [-0.39, 0.29) is 5.75 Å². The average Bonchev–Trinajstić information content (AvgIpc) is 2.92. The van der Waals surface area contributed by atoms with Crippen molar-refractivity contribution >= 4 is 0 Å². The average molecular weight is 291 g/mol. The normalized spacial score (nSPS) is 13.3. The maximum absolute atomic E-state index is 9.27. The Hall–Kier alpha value is -1.92. The Kier molecular flexibility index (Phi) is 4.59. The Morgan fingerprint density at radius 3 is 2.62 bits per heavy atom. The predicted octanol–water partition coefficient (Wildman–Crippen LogP) is 2.29. The van der Waals surface area contributed by atoms with E-state index in [2.05, 4.69) is 10.1 Å². The number of aromatic hydroxyl groups is 1. The second-order valence-corrected chi connectivity index (χ2v) is 5.38. The van der Waals surface area contributed by atoms with E-state index in [4.69, 9.17) is 15.0 Å². The summed E-state index contributed by atoms with van der Waals surface area (Å²) in [6.45, 7) is 6.25. The number of ether oxygens (including phenoxy) is 1. The molecule has 6 nitrogen and oxygen atoms in total. The van der Waals surface area contributed by atoms with Crippen molar-refractivity contribution in [2.75, 3.05) is 6.61 Å². The zero-order valence-corrected chi connectivity index (χ0v) is 12.5. The highest BCUT2D eigenvalue weighted by molar-refractivity contribution is 5.26. The van der Waals surface area contributed by atoms with Crippen LogP contribution in [0.25, 0.3) is 0 Å². The van der Waals surface area contributed by atoms with Gasteiger partial charge in [-0.2, -0.15) is 4.98 Å². The fourth-order valence-electron chi connectivity index (χ4n) is 2.03. The van der Waals surface area contributed by atoms with E-state index < -0.39 is 11.6 Å². The molecule has 6 heteroatoms. The van der Waals surface area contributed by atoms with Crippen molar-refractivity contribution in [2.24, 2.45) is 5.73 Å². The van der Waals surface area contributed by atoms with Gasteiger partial charge in [-0.05, 0) is 44.9 Å². The van der Waals surface area contributed by atoms with E-state index in [9.17, 15) is 5.11 Å². The Bertz CT molecular complexity index is 578. The van der Waals surface area contributed by atoms with Crippen LogP contribution in [0.1, 0.15) is 44.1 Å². The van der Waals surface area contributed by atoms with Crippen LogP contribution in [0.2, 0.25) is 0 Å². The molecule has 3 N–H and O–H groups in total. The number of nitrogens with two attached hydrogens (primary N) is 1. The number of hydrogen-bond acceptors (Lipinski definition) is 6. The zero-order chi connectivity index (χ0) is 15.5. The lowest BCUT2D eigenvalue weighted by molar-refractivity contribution is -0.0221. The molecule has 1 heterocycles. The zero-order valence-electron chi connectivity index (χ0n) is 12.5. The molecule has 1 atom stereocenters. The second kappa shape index (κ2) is 6.24. The van der Waals surface area contributed by atoms with Crippen LogP contribution < -0.4 is 5.73 Å². The van der Waals surface area contributed by atoms with Crippen molar-refractivity contribution in [3.63, 3.8) is 0 Å². The Morgan fingerprint density at radius 1 is 1.33 bits per heavy atom. The minimum atomic E-state index is -0.602. The monoisotopic (exact) mass is 291 g/mol. The van der Waals surface area contributed by atoms with Crippen molar-refractivity contribution in [1.82, 2.24) is 10.1 Å². The van der Waals surface area contributed by atoms with Crippen LogP contribution in [-0.2, 0) is 16.8 Å². The predicted molar refractivity (Wildman–Crippen MR) is 77.7 cm³/mol. The van der Waals surface area contributed by atoms with E-state index in [1.54, 1.807) is 12.1 Å². The molecule has 0 spiro atoms. The summed E-state index contributed by atoms with van der Waals surface area (Å²) in [4.78, 5) is 4.34. The lowest BCUT2D eigenvalue weighted by Crippen LogP contribution is -2.23. The third-order valence-corrected chi connectivity index (χ3v) is 3.19. The fraction of sp³-hybridized carbons (Fsp3) is 0.467. The molecule has 0 amide bonds. The molecule has 0 aliphatic heterocycles. The lowest BCUT2D eigenvalue weighted by atomic mass is 10.1. The summed E-state index contributed by atoms with van der Waals surface area (Å²) >= 11 is 0. The summed E-state index contributed by atoms with van der Waals surface area (Å²) < 4.78 is 10.8. The number of nitrogens with zero attached hydrogens (tertiary/aromatic N) is 2. The smallest absolute Gasteiger partial charge is 0.244 e. The van der Waals surface area contributed by atoms with Crippen molar-refractivity contribution in [1.29, 1.82) is 0 Å². The first-order valence-electron chi connectivity index (χ1n) is 6.94. The van der Waals surface area contributed by atoms with Crippen LogP contribution in [0.5, 0.6) is 5.75 Å². The lowest BCUT2D eigenvalue weighted by Gasteiger charge is -2.19. The summed E-state index contributed by atoms with van der Waals surface area (Å²) in [6, 6.07) is 6.49. The topological polar surface area (TPSA) is 94.4 Å². The van der Waals surface area contributed by atoms with Gasteiger partial charge in [-0.3, -0.25) is 0 Å². The van der Waals surface area contributed by atoms with Gasteiger partial charge in [-0.25, -0.2) is 0 Å². The molecule has 1 aromatic carbocycles. The van der Waals surface area contributed by atoms with Crippen molar-refractivity contribution in [3.8, 4) is 5.75 Å². The Balaban J connectivity index is 2.08. The third-order valence-electron chi connectivity index (χ3n) is 3.19. The standard InChI is InChI=1S/C15H21N3O3/c1-4-20-15(2,3)14-17-13(21-18-14)12(16)9-10-5-7-11(19)8-6-10/h5-8,12,19H,4,9,16H2,1-3H3. The van der Waals surface area contributed by atoms with Crippen LogP contribution >= 0.6 is 0 Å². The summed E-state index contributed by atoms with van der Waals surface area (Å²) in [5, 5.41) is 13.2. The van der Waals surface area contributed by atoms with Gasteiger partial charge in [0.15, 0.2) is 0 Å². The van der Waals surface area contributed by atoms with Gasteiger partial charge in [0, 0.05) is 6.61 Å². The highest BCUT2D eigenvalue weighted by Gasteiger charge is 2.28. The molecular formula is C15H21N3O3. The summed E-state index contributed by atoms with van der Waals surface area (Å²) in [6.07, 6.45) is 0.553. The van der Waals surface area contributed by atoms with E-state index in [0.29, 0.717) is 24.7 Å². The Morgan fingerprint density at radius 2 is 2.00 bits per heavy atom. The van der Waals surface area contributed by atoms with Gasteiger partial charge in [0.1, 0.15) is 11.4 Å². The second-order valence-electron chi connectivity index (χ2n) is 5.38. The first kappa shape index (κ1) is 15.5. The molecule has 0 radical (unpaired) electrons. The fourth-order valence-corrected chi connectivity index (χ4v) is 2.03. The molecule has 0 aliphatic carbocycles. The maximum Gasteiger partial charge on any atom is 0.244 e. The van der Waals surface area contributed by atoms with Gasteiger partial charge in [0.05, 0.1) is 6.04 Å². The number of benzene rings is 1. The molecule has 1 unspecified atom stereocenters. The van der Waals surface area contributed by atoms with Crippen LogP contribution in [0, 0.1) is 0 Å². The highest BCUT2D eigenvalue weighted by Crippen LogP contribution is 2.24. The minimum absolute atomic E-state index is 0.228. The SMILES string of the molecule is CCOC(C)(C)c1noc(C(N)Cc2ccc(O)cc2)n1. The van der Waals surface area contributed by atoms with Gasteiger partial charge >= 0.3 is 0 Å². The quantitative estimate of drug-likeness (QED) is 0.848. The summed E-state index contributed by atoms with van der Waals surface area (Å²) in [5.74, 6) is 1.09. The van der Waals surface area contributed by atoms with Gasteiger partial charge in [0.25, 0.3) is 0 Å². The van der Waals surface area contributed by atoms with Crippen LogP contribution in [0.4, 0.5) is 0 Å². The van der Waals surface area contributed by atoms with E-state index in [1.807, 2.05) is 32.9 Å². The van der Waals surface area contributed by atoms with Gasteiger partial charge < -0.3 is 20.1 Å². The molecular weight excluding hydrogens is 270 g/mol. The van der Waals surface area contributed by atoms with Crippen LogP contribution in [0.3, 0.4) is 0 Å². The minimum Gasteiger partial charge on any atom is -0.508 e. The number of rotatable bonds is 6. The molecule has 114 valence electrons. The number of hydrogen-bond donors (Lipinski definition) is 2. The first-order valence-corrected chi connectivity index (χ1v) is 6.94. The summed E-state index contributed by atoms with van der Waals surface area (Å²) in [7, 11) is 0. The van der Waals surface area contributed by atoms with Crippen LogP contribution in [-0.4, -0.2) is 21.9 Å². The molecule has 1 aromatic heterocycles. The van der Waals surface area contributed by atoms with Crippen molar-refractivity contribution in [2.45, 2.75) is 38.8 Å². The van der Waals surface area contributed by atoms with Gasteiger partial charge in [-0.1, -0.05) is 17.3 Å². The van der Waals surface area contributed by atoms with Gasteiger partial charge in [-0.15, -0.1) is 0 Å². The number of phenols is 1. The largest absolute Gasteiger partial charge is 0.508 e. The van der Waals surface area contributed by atoms with Gasteiger partial charge in [0.2, 0.25) is 11.7 Å². The molecule has 21 heavy (non-hydrogen) atoms. The van der Waals surface area contributed by atoms with E-state index >= 15 is 0 Å².